The predicted octanol–water partition coefficient (Wildman–Crippen LogP) is 5.85. The highest BCUT2D eigenvalue weighted by molar-refractivity contribution is 6.08. The van der Waals surface area contributed by atoms with Crippen LogP contribution in [0.25, 0.3) is 11.1 Å². The Labute approximate surface area is 258 Å². The van der Waals surface area contributed by atoms with Gasteiger partial charge in [-0.05, 0) is 69.0 Å². The maximum absolute atomic E-state index is 14.1. The molecule has 1 amide bonds. The van der Waals surface area contributed by atoms with Crippen LogP contribution in [-0.4, -0.2) is 50.3 Å². The first-order valence-electron chi connectivity index (χ1n) is 14.6. The summed E-state index contributed by atoms with van der Waals surface area (Å²) in [6, 6.07) is 13.0. The summed E-state index contributed by atoms with van der Waals surface area (Å²) in [6.07, 6.45) is -0.515. The number of nitrogens with one attached hydrogen (secondary N) is 1. The SMILES string of the molecule is COc1cc(OCC(C)OC(=O)[C@@H](N)C(C)C)ccc1-c1ccc2c(c1COc1cc(F)ccc1C)N(C)C(=O)C(C)(C)N2. The van der Waals surface area contributed by atoms with Crippen LogP contribution in [-0.2, 0) is 20.9 Å². The largest absolute Gasteiger partial charge is 0.496 e. The Balaban J connectivity index is 1.68. The van der Waals surface area contributed by atoms with Gasteiger partial charge in [0.1, 0.15) is 54.0 Å². The molecule has 1 unspecified atom stereocenters. The zero-order chi connectivity index (χ0) is 32.3. The number of ether oxygens (including phenoxy) is 4. The van der Waals surface area contributed by atoms with Gasteiger partial charge >= 0.3 is 5.97 Å². The number of halogens is 1. The Morgan fingerprint density at radius 1 is 1.02 bits per heavy atom. The van der Waals surface area contributed by atoms with Crippen molar-refractivity contribution in [3.05, 3.63) is 65.5 Å². The average molecular weight is 608 g/mol. The van der Waals surface area contributed by atoms with E-state index in [-0.39, 0.29) is 25.0 Å². The summed E-state index contributed by atoms with van der Waals surface area (Å²) in [7, 11) is 3.30. The van der Waals surface area contributed by atoms with E-state index in [1.807, 2.05) is 52.8 Å². The Morgan fingerprint density at radius 3 is 2.41 bits per heavy atom. The van der Waals surface area contributed by atoms with Gasteiger partial charge in [-0.15, -0.1) is 0 Å². The number of benzene rings is 3. The summed E-state index contributed by atoms with van der Waals surface area (Å²) in [4.78, 5) is 27.2. The lowest BCUT2D eigenvalue weighted by atomic mass is 9.91. The number of carbonyl (C=O) groups excluding carboxylic acids is 2. The van der Waals surface area contributed by atoms with Crippen molar-refractivity contribution in [1.29, 1.82) is 0 Å². The molecule has 0 spiro atoms. The standard InChI is InChI=1S/C34H42FN3O6/c1-19(2)30(36)32(39)44-21(4)17-42-23-11-12-25(29(16-23)41-8)24-13-14-27-31(38(7)33(40)34(5,6)37-27)26(24)18-43-28-15-22(35)10-9-20(28)3/h9-16,19,21,30,37H,17-18,36H2,1-8H3/t21?,30-/m0/s1. The van der Waals surface area contributed by atoms with Crippen molar-refractivity contribution < 1.29 is 32.9 Å². The van der Waals surface area contributed by atoms with Gasteiger partial charge in [0.05, 0.1) is 18.5 Å². The van der Waals surface area contributed by atoms with E-state index in [0.717, 1.165) is 27.9 Å². The van der Waals surface area contributed by atoms with Crippen LogP contribution in [0.5, 0.6) is 17.2 Å². The highest BCUT2D eigenvalue weighted by Crippen LogP contribution is 2.45. The molecule has 44 heavy (non-hydrogen) atoms. The molecule has 0 fully saturated rings. The fourth-order valence-electron chi connectivity index (χ4n) is 5.09. The number of nitrogens with zero attached hydrogens (tertiary/aromatic N) is 1. The molecule has 236 valence electrons. The number of hydrogen-bond donors (Lipinski definition) is 2. The molecular formula is C34H42FN3O6. The Kier molecular flexibility index (Phi) is 9.73. The van der Waals surface area contributed by atoms with E-state index in [0.29, 0.717) is 22.9 Å². The minimum absolute atomic E-state index is 0.0376. The number of anilines is 2. The number of carbonyl (C=O) groups is 2. The summed E-state index contributed by atoms with van der Waals surface area (Å²) in [6.45, 7) is 11.1. The number of hydrogen-bond acceptors (Lipinski definition) is 8. The molecule has 10 heteroatoms. The van der Waals surface area contributed by atoms with Crippen molar-refractivity contribution in [2.75, 3.05) is 31.0 Å². The highest BCUT2D eigenvalue weighted by Gasteiger charge is 2.39. The Morgan fingerprint density at radius 2 is 1.73 bits per heavy atom. The highest BCUT2D eigenvalue weighted by atomic mass is 19.1. The van der Waals surface area contributed by atoms with Gasteiger partial charge in [-0.25, -0.2) is 4.39 Å². The molecule has 0 saturated carbocycles. The van der Waals surface area contributed by atoms with Crippen LogP contribution >= 0.6 is 0 Å². The molecule has 4 rings (SSSR count). The number of nitrogens with two attached hydrogens (primary N) is 1. The van der Waals surface area contributed by atoms with Gasteiger partial charge in [-0.2, -0.15) is 0 Å². The van der Waals surface area contributed by atoms with E-state index in [4.69, 9.17) is 24.7 Å². The first-order valence-corrected chi connectivity index (χ1v) is 14.6. The first-order chi connectivity index (χ1) is 20.7. The molecule has 0 aromatic heterocycles. The summed E-state index contributed by atoms with van der Waals surface area (Å²) >= 11 is 0. The van der Waals surface area contributed by atoms with Crippen LogP contribution in [0.4, 0.5) is 15.8 Å². The third-order valence-corrected chi connectivity index (χ3v) is 7.68. The zero-order valence-electron chi connectivity index (χ0n) is 26.6. The molecule has 3 N–H and O–H groups in total. The average Bonchev–Trinajstić information content (AvgIpc) is 2.98. The van der Waals surface area contributed by atoms with E-state index < -0.39 is 29.5 Å². The number of methoxy groups -OCH3 is 1. The van der Waals surface area contributed by atoms with Gasteiger partial charge in [0.2, 0.25) is 0 Å². The molecule has 0 aliphatic carbocycles. The molecule has 0 radical (unpaired) electrons. The van der Waals surface area contributed by atoms with Gasteiger partial charge in [-0.1, -0.05) is 26.0 Å². The van der Waals surface area contributed by atoms with Crippen molar-refractivity contribution in [1.82, 2.24) is 0 Å². The molecule has 2 atom stereocenters. The number of rotatable bonds is 11. The second-order valence-corrected chi connectivity index (χ2v) is 12.0. The number of esters is 1. The van der Waals surface area contributed by atoms with Crippen LogP contribution in [0.2, 0.25) is 0 Å². The molecule has 3 aromatic rings. The summed E-state index contributed by atoms with van der Waals surface area (Å²) in [5.41, 5.74) is 9.55. The summed E-state index contributed by atoms with van der Waals surface area (Å²) in [5.74, 6) is 0.432. The molecule has 0 bridgehead atoms. The van der Waals surface area contributed by atoms with Crippen LogP contribution in [0.15, 0.2) is 48.5 Å². The van der Waals surface area contributed by atoms with Gasteiger partial charge < -0.3 is 34.9 Å². The normalized spacial score (nSPS) is 15.2. The molecule has 1 heterocycles. The fourth-order valence-corrected chi connectivity index (χ4v) is 5.09. The molecule has 0 saturated heterocycles. The Bertz CT molecular complexity index is 1540. The smallest absolute Gasteiger partial charge is 0.323 e. The second-order valence-electron chi connectivity index (χ2n) is 12.0. The van der Waals surface area contributed by atoms with E-state index >= 15 is 0 Å². The van der Waals surface area contributed by atoms with E-state index in [1.54, 1.807) is 44.2 Å². The first kappa shape index (κ1) is 32.6. The molecule has 3 aromatic carbocycles. The number of aryl methyl sites for hydroxylation is 1. The van der Waals surface area contributed by atoms with Crippen molar-refractivity contribution in [3.8, 4) is 28.4 Å². The van der Waals surface area contributed by atoms with Gasteiger partial charge in [0.15, 0.2) is 0 Å². The van der Waals surface area contributed by atoms with Gasteiger partial charge in [-0.3, -0.25) is 9.59 Å². The Hall–Kier alpha value is -4.31. The van der Waals surface area contributed by atoms with Crippen LogP contribution < -0.4 is 30.2 Å². The van der Waals surface area contributed by atoms with Gasteiger partial charge in [0.25, 0.3) is 5.91 Å². The molecule has 1 aliphatic heterocycles. The molecular weight excluding hydrogens is 565 g/mol. The van der Waals surface area contributed by atoms with Crippen molar-refractivity contribution in [3.63, 3.8) is 0 Å². The third kappa shape index (κ3) is 6.91. The quantitative estimate of drug-likeness (QED) is 0.261. The lowest BCUT2D eigenvalue weighted by molar-refractivity contribution is -0.152. The third-order valence-electron chi connectivity index (χ3n) is 7.68. The van der Waals surface area contributed by atoms with Gasteiger partial charge in [0, 0.05) is 30.3 Å². The van der Waals surface area contributed by atoms with E-state index in [1.165, 1.54) is 12.1 Å². The minimum atomic E-state index is -0.803. The second kappa shape index (κ2) is 13.1. The number of amides is 1. The number of fused-ring (bicyclic) bond motifs is 1. The molecule has 9 nitrogen and oxygen atoms in total. The van der Waals surface area contributed by atoms with E-state index in [2.05, 4.69) is 5.32 Å². The lowest BCUT2D eigenvalue weighted by Gasteiger charge is -2.39. The topological polar surface area (TPSA) is 112 Å². The number of likely N-dealkylation sites (N-methyl/N-ethyl adjacent to an activating group) is 1. The van der Waals surface area contributed by atoms with Crippen molar-refractivity contribution in [2.45, 2.75) is 65.8 Å². The predicted molar refractivity (Wildman–Crippen MR) is 169 cm³/mol. The van der Waals surface area contributed by atoms with Crippen molar-refractivity contribution >= 4 is 23.3 Å². The van der Waals surface area contributed by atoms with Crippen LogP contribution in [0.3, 0.4) is 0 Å². The molecule has 1 aliphatic rings. The van der Waals surface area contributed by atoms with Crippen LogP contribution in [0, 0.1) is 18.7 Å². The maximum atomic E-state index is 14.1. The fraction of sp³-hybridized carbons (Fsp3) is 0.412. The minimum Gasteiger partial charge on any atom is -0.496 e. The lowest BCUT2D eigenvalue weighted by Crippen LogP contribution is -2.52. The van der Waals surface area contributed by atoms with Crippen molar-refractivity contribution in [2.24, 2.45) is 11.7 Å². The monoisotopic (exact) mass is 607 g/mol. The van der Waals surface area contributed by atoms with Crippen LogP contribution in [0.1, 0.15) is 45.7 Å². The summed E-state index contributed by atoms with van der Waals surface area (Å²) in [5, 5.41) is 3.34. The van der Waals surface area contributed by atoms with E-state index in [9.17, 15) is 14.0 Å². The zero-order valence-corrected chi connectivity index (χ0v) is 26.6. The summed E-state index contributed by atoms with van der Waals surface area (Å²) < 4.78 is 37.4. The maximum Gasteiger partial charge on any atom is 0.323 e.